The number of rotatable bonds is 2. The Bertz CT molecular complexity index is 1300. The molecule has 2 heterocycles. The summed E-state index contributed by atoms with van der Waals surface area (Å²) in [5, 5.41) is 11.5. The van der Waals surface area contributed by atoms with Gasteiger partial charge in [-0.05, 0) is 52.6 Å². The molecule has 5 rings (SSSR count). The van der Waals surface area contributed by atoms with E-state index in [0.29, 0.717) is 16.6 Å². The van der Waals surface area contributed by atoms with Crippen LogP contribution >= 0.6 is 11.8 Å². The second kappa shape index (κ2) is 7.67. The summed E-state index contributed by atoms with van der Waals surface area (Å²) in [5.74, 6) is -0.961. The molecule has 1 N–H and O–H groups in total. The van der Waals surface area contributed by atoms with E-state index in [4.69, 9.17) is 0 Å². The van der Waals surface area contributed by atoms with E-state index in [1.807, 2.05) is 48.6 Å². The molecule has 2 nitrogen and oxygen atoms in total. The highest BCUT2D eigenvalue weighted by molar-refractivity contribution is 7.98. The lowest BCUT2D eigenvalue weighted by molar-refractivity contribution is 0.217. The van der Waals surface area contributed by atoms with E-state index in [-0.39, 0.29) is 0 Å². The van der Waals surface area contributed by atoms with Crippen LogP contribution in [0.1, 0.15) is 34.1 Å². The molecule has 0 aliphatic carbocycles. The Balaban J connectivity index is 1.47. The number of fused-ring (bicyclic) bond motifs is 3. The van der Waals surface area contributed by atoms with E-state index < -0.39 is 17.7 Å². The molecule has 148 valence electrons. The predicted octanol–water partition coefficient (Wildman–Crippen LogP) is 6.37. The van der Waals surface area contributed by atoms with Crippen LogP contribution in [-0.4, -0.2) is 10.1 Å². The zero-order valence-electron chi connectivity index (χ0n) is 15.8. The molecule has 0 bridgehead atoms. The molecule has 5 heteroatoms. The van der Waals surface area contributed by atoms with Crippen LogP contribution < -0.4 is 0 Å². The van der Waals surface area contributed by atoms with Crippen LogP contribution in [0, 0.1) is 11.6 Å². The summed E-state index contributed by atoms with van der Waals surface area (Å²) in [6, 6.07) is 19.7. The Hall–Kier alpha value is -3.02. The van der Waals surface area contributed by atoms with Crippen molar-refractivity contribution in [2.75, 3.05) is 0 Å². The second-order valence-corrected chi connectivity index (χ2v) is 8.23. The van der Waals surface area contributed by atoms with Crippen molar-refractivity contribution in [3.05, 3.63) is 106 Å². The molecule has 0 saturated carbocycles. The summed E-state index contributed by atoms with van der Waals surface area (Å²) in [6.45, 7) is 0. The lowest BCUT2D eigenvalue weighted by Gasteiger charge is -2.14. The monoisotopic (exact) mass is 417 g/mol. The second-order valence-electron chi connectivity index (χ2n) is 7.22. The topological polar surface area (TPSA) is 33.1 Å². The molecule has 1 aromatic heterocycles. The summed E-state index contributed by atoms with van der Waals surface area (Å²) in [7, 11) is 0. The summed E-state index contributed by atoms with van der Waals surface area (Å²) in [6.07, 6.45) is 3.06. The largest absolute Gasteiger partial charge is 0.384 e. The first-order chi connectivity index (χ1) is 14.6. The number of hydrogen-bond donors (Lipinski definition) is 1. The number of benzene rings is 3. The predicted molar refractivity (Wildman–Crippen MR) is 117 cm³/mol. The molecule has 0 fully saturated rings. The first-order valence-corrected chi connectivity index (χ1v) is 10.5. The number of nitrogens with zero attached hydrogens (tertiary/aromatic N) is 1. The van der Waals surface area contributed by atoms with Gasteiger partial charge in [-0.2, -0.15) is 0 Å². The fraction of sp³-hybridized carbons (Fsp3) is 0.0800. The quantitative estimate of drug-likeness (QED) is 0.411. The normalized spacial score (nSPS) is 15.8. The number of aromatic nitrogens is 1. The van der Waals surface area contributed by atoms with Gasteiger partial charge in [-0.3, -0.25) is 0 Å². The van der Waals surface area contributed by atoms with Gasteiger partial charge in [0.25, 0.3) is 0 Å². The Kier molecular flexibility index (Phi) is 4.85. The Morgan fingerprint density at radius 1 is 0.900 bits per heavy atom. The van der Waals surface area contributed by atoms with Gasteiger partial charge in [0.2, 0.25) is 0 Å². The Morgan fingerprint density at radius 3 is 2.63 bits per heavy atom. The van der Waals surface area contributed by atoms with Gasteiger partial charge in [0.1, 0.15) is 6.10 Å². The molecule has 1 aliphatic heterocycles. The lowest BCUT2D eigenvalue weighted by atomic mass is 9.96. The van der Waals surface area contributed by atoms with E-state index in [0.717, 1.165) is 45.0 Å². The average molecular weight is 417 g/mol. The fourth-order valence-electron chi connectivity index (χ4n) is 3.68. The van der Waals surface area contributed by atoms with Gasteiger partial charge in [-0.15, -0.1) is 11.8 Å². The number of thioether (sulfide) groups is 1. The van der Waals surface area contributed by atoms with Gasteiger partial charge in [0, 0.05) is 22.1 Å². The van der Waals surface area contributed by atoms with E-state index in [9.17, 15) is 13.9 Å². The van der Waals surface area contributed by atoms with Crippen LogP contribution in [0.3, 0.4) is 0 Å². The van der Waals surface area contributed by atoms with Crippen molar-refractivity contribution in [3.63, 3.8) is 0 Å². The van der Waals surface area contributed by atoms with Crippen LogP contribution in [0.2, 0.25) is 0 Å². The molecular formula is C25H17F2NOS. The minimum atomic E-state index is -0.909. The van der Waals surface area contributed by atoms with Crippen molar-refractivity contribution in [2.24, 2.45) is 0 Å². The molecule has 30 heavy (non-hydrogen) atoms. The SMILES string of the molecule is OC1c2ccccc2CSc2ccc(/C=C/c3ccc4cc(F)c(F)cc4n3)cc21. The van der Waals surface area contributed by atoms with Crippen LogP contribution in [0.15, 0.2) is 71.6 Å². The Labute approximate surface area is 176 Å². The first kappa shape index (κ1) is 19.0. The molecule has 0 radical (unpaired) electrons. The molecule has 1 aliphatic rings. The summed E-state index contributed by atoms with van der Waals surface area (Å²) in [4.78, 5) is 5.46. The molecule has 0 saturated heterocycles. The minimum absolute atomic E-state index is 0.404. The van der Waals surface area contributed by atoms with Crippen LogP contribution in [0.25, 0.3) is 23.1 Å². The van der Waals surface area contributed by atoms with Crippen molar-refractivity contribution in [1.82, 2.24) is 4.98 Å². The third-order valence-electron chi connectivity index (χ3n) is 5.26. The zero-order valence-corrected chi connectivity index (χ0v) is 16.7. The number of aliphatic hydroxyl groups is 1. The van der Waals surface area contributed by atoms with Gasteiger partial charge in [0.15, 0.2) is 11.6 Å². The summed E-state index contributed by atoms with van der Waals surface area (Å²) in [5.41, 5.74) is 4.95. The van der Waals surface area contributed by atoms with Crippen LogP contribution in [0.4, 0.5) is 8.78 Å². The van der Waals surface area contributed by atoms with E-state index in [1.54, 1.807) is 23.9 Å². The smallest absolute Gasteiger partial charge is 0.161 e. The molecule has 0 spiro atoms. The zero-order chi connectivity index (χ0) is 20.7. The fourth-order valence-corrected chi connectivity index (χ4v) is 4.75. The highest BCUT2D eigenvalue weighted by Crippen LogP contribution is 2.39. The third-order valence-corrected chi connectivity index (χ3v) is 6.40. The highest BCUT2D eigenvalue weighted by atomic mass is 32.2. The van der Waals surface area contributed by atoms with Gasteiger partial charge >= 0.3 is 0 Å². The first-order valence-electron chi connectivity index (χ1n) is 9.55. The molecule has 0 amide bonds. The van der Waals surface area contributed by atoms with Crippen LogP contribution in [0.5, 0.6) is 0 Å². The van der Waals surface area contributed by atoms with Gasteiger partial charge in [-0.1, -0.05) is 42.5 Å². The van der Waals surface area contributed by atoms with E-state index >= 15 is 0 Å². The number of aliphatic hydroxyl groups excluding tert-OH is 1. The summed E-state index contributed by atoms with van der Waals surface area (Å²) < 4.78 is 26.9. The Morgan fingerprint density at radius 2 is 1.73 bits per heavy atom. The molecule has 4 aromatic rings. The maximum absolute atomic E-state index is 13.5. The molecule has 1 atom stereocenters. The lowest BCUT2D eigenvalue weighted by Crippen LogP contribution is -2.02. The van der Waals surface area contributed by atoms with Crippen molar-refractivity contribution < 1.29 is 13.9 Å². The van der Waals surface area contributed by atoms with Crippen molar-refractivity contribution in [1.29, 1.82) is 0 Å². The van der Waals surface area contributed by atoms with Crippen molar-refractivity contribution in [2.45, 2.75) is 16.8 Å². The maximum atomic E-state index is 13.5. The van der Waals surface area contributed by atoms with E-state index in [2.05, 4.69) is 11.1 Å². The number of pyridine rings is 1. The molecule has 3 aromatic carbocycles. The van der Waals surface area contributed by atoms with Gasteiger partial charge < -0.3 is 5.11 Å². The number of halogens is 2. The third kappa shape index (κ3) is 3.51. The maximum Gasteiger partial charge on any atom is 0.161 e. The molecular weight excluding hydrogens is 400 g/mol. The summed E-state index contributed by atoms with van der Waals surface area (Å²) >= 11 is 1.72. The minimum Gasteiger partial charge on any atom is -0.384 e. The van der Waals surface area contributed by atoms with Crippen LogP contribution in [-0.2, 0) is 5.75 Å². The van der Waals surface area contributed by atoms with Gasteiger partial charge in [-0.25, -0.2) is 13.8 Å². The highest BCUT2D eigenvalue weighted by Gasteiger charge is 2.21. The average Bonchev–Trinajstić information content (AvgIpc) is 2.90. The van der Waals surface area contributed by atoms with Gasteiger partial charge in [0.05, 0.1) is 11.2 Å². The number of hydrogen-bond acceptors (Lipinski definition) is 3. The van der Waals surface area contributed by atoms with E-state index in [1.165, 1.54) is 0 Å². The molecule has 1 unspecified atom stereocenters. The van der Waals surface area contributed by atoms with Crippen molar-refractivity contribution >= 4 is 34.8 Å². The standard InChI is InChI=1S/C25H17F2NOS/c26-21-12-16-7-9-18(28-23(16)13-22(21)27)8-5-15-6-10-24-20(11-15)25(29)19-4-2-1-3-17(19)14-30-24/h1-13,25,29H,14H2/b8-5+. The van der Waals surface area contributed by atoms with Crippen molar-refractivity contribution in [3.8, 4) is 0 Å².